The van der Waals surface area contributed by atoms with Gasteiger partial charge in [0.25, 0.3) is 0 Å². The van der Waals surface area contributed by atoms with E-state index in [-0.39, 0.29) is 26.0 Å². The van der Waals surface area contributed by atoms with Crippen molar-refractivity contribution in [2.75, 3.05) is 34.5 Å². The number of ether oxygens (including phenoxy) is 5. The van der Waals surface area contributed by atoms with Gasteiger partial charge in [-0.15, -0.1) is 0 Å². The van der Waals surface area contributed by atoms with Gasteiger partial charge >= 0.3 is 18.0 Å². The lowest BCUT2D eigenvalue weighted by molar-refractivity contribution is -0.510. The van der Waals surface area contributed by atoms with Gasteiger partial charge in [0.2, 0.25) is 0 Å². The van der Waals surface area contributed by atoms with Crippen LogP contribution in [0.5, 0.6) is 23.0 Å². The zero-order valence-corrected chi connectivity index (χ0v) is 27.9. The van der Waals surface area contributed by atoms with Crippen molar-refractivity contribution in [1.82, 2.24) is 5.32 Å². The fourth-order valence-electron chi connectivity index (χ4n) is 4.80. The van der Waals surface area contributed by atoms with Crippen molar-refractivity contribution in [2.24, 2.45) is 0 Å². The van der Waals surface area contributed by atoms with E-state index in [2.05, 4.69) is 5.32 Å². The predicted octanol–water partition coefficient (Wildman–Crippen LogP) is 5.40. The minimum absolute atomic E-state index is 0.0375. The molecule has 0 radical (unpaired) electrons. The van der Waals surface area contributed by atoms with E-state index in [1.165, 1.54) is 14.2 Å². The number of hydrogen-bond acceptors (Lipinski definition) is 10. The Morgan fingerprint density at radius 3 is 1.91 bits per heavy atom. The zero-order valence-electron chi connectivity index (χ0n) is 27.9. The summed E-state index contributed by atoms with van der Waals surface area (Å²) in [6.45, 7) is 15.3. The Balaban J connectivity index is 2.36. The molecule has 2 atom stereocenters. The van der Waals surface area contributed by atoms with Crippen LogP contribution in [0.4, 0.5) is 0 Å². The van der Waals surface area contributed by atoms with Crippen molar-refractivity contribution in [3.63, 3.8) is 0 Å². The molecule has 44 heavy (non-hydrogen) atoms. The summed E-state index contributed by atoms with van der Waals surface area (Å²) in [7, 11) is 4.61. The van der Waals surface area contributed by atoms with Crippen LogP contribution in [0.2, 0.25) is 0 Å². The van der Waals surface area contributed by atoms with Crippen LogP contribution >= 0.6 is 0 Å². The monoisotopic (exact) mass is 616 g/mol. The second-order valence-corrected chi connectivity index (χ2v) is 12.9. The second-order valence-electron chi connectivity index (χ2n) is 12.9. The lowest BCUT2D eigenvalue weighted by Gasteiger charge is -2.30. The van der Waals surface area contributed by atoms with Crippen molar-refractivity contribution >= 4 is 11.9 Å². The van der Waals surface area contributed by atoms with Crippen molar-refractivity contribution in [1.29, 1.82) is 0 Å². The SMILES string of the molecule is CCOC(=O)C(C)(Cc1ccc(OC)c(OC)c1)NCCC(C(=O)Oc1c(C(C)(C)C)cc(OC)cc1C(C)(C)C)[N+](=O)[O-]. The molecule has 0 aliphatic carbocycles. The number of esters is 2. The van der Waals surface area contributed by atoms with E-state index < -0.39 is 39.3 Å². The maximum Gasteiger partial charge on any atom is 0.387 e. The van der Waals surface area contributed by atoms with Gasteiger partial charge in [-0.25, -0.2) is 4.79 Å². The summed E-state index contributed by atoms with van der Waals surface area (Å²) in [5.41, 5.74) is -0.0293. The molecule has 0 spiro atoms. The normalized spacial score (nSPS) is 13.8. The summed E-state index contributed by atoms with van der Waals surface area (Å²) in [4.78, 5) is 38.0. The minimum Gasteiger partial charge on any atom is -0.497 e. The molecule has 0 amide bonds. The number of carbonyl (C=O) groups is 2. The molecule has 0 fully saturated rings. The molecule has 0 bridgehead atoms. The number of nitro groups is 1. The van der Waals surface area contributed by atoms with E-state index in [0.717, 1.165) is 5.56 Å². The van der Waals surface area contributed by atoms with Gasteiger partial charge < -0.3 is 29.0 Å². The van der Waals surface area contributed by atoms with Gasteiger partial charge in [0.05, 0.1) is 27.9 Å². The number of methoxy groups -OCH3 is 3. The van der Waals surface area contributed by atoms with Crippen LogP contribution in [0, 0.1) is 10.1 Å². The van der Waals surface area contributed by atoms with Crippen molar-refractivity contribution in [2.45, 2.75) is 90.6 Å². The van der Waals surface area contributed by atoms with Crippen molar-refractivity contribution < 1.29 is 38.2 Å². The van der Waals surface area contributed by atoms with Crippen LogP contribution in [0.1, 0.15) is 78.5 Å². The Bertz CT molecular complexity index is 1290. The second kappa shape index (κ2) is 14.7. The molecule has 2 unspecified atom stereocenters. The molecule has 2 aromatic carbocycles. The summed E-state index contributed by atoms with van der Waals surface area (Å²) >= 11 is 0. The van der Waals surface area contributed by atoms with Crippen LogP contribution in [0.25, 0.3) is 0 Å². The van der Waals surface area contributed by atoms with Gasteiger partial charge in [-0.2, -0.15) is 0 Å². The quantitative estimate of drug-likeness (QED) is 0.127. The Kier molecular flexibility index (Phi) is 12.2. The number of benzene rings is 2. The maximum absolute atomic E-state index is 13.4. The van der Waals surface area contributed by atoms with Gasteiger partial charge in [0.15, 0.2) is 11.5 Å². The molecule has 11 nitrogen and oxygen atoms in total. The molecule has 2 aromatic rings. The molecule has 1 N–H and O–H groups in total. The lowest BCUT2D eigenvalue weighted by Crippen LogP contribution is -2.53. The molecule has 0 aromatic heterocycles. The third-order valence-corrected chi connectivity index (χ3v) is 7.31. The maximum atomic E-state index is 13.4. The van der Waals surface area contributed by atoms with Gasteiger partial charge in [-0.05, 0) is 54.5 Å². The lowest BCUT2D eigenvalue weighted by atomic mass is 9.79. The van der Waals surface area contributed by atoms with Crippen LogP contribution in [-0.4, -0.2) is 62.9 Å². The van der Waals surface area contributed by atoms with Gasteiger partial charge in [-0.3, -0.25) is 14.9 Å². The molecule has 0 aliphatic rings. The molecular formula is C33H48N2O9. The first-order valence-corrected chi connectivity index (χ1v) is 14.6. The average Bonchev–Trinajstić information content (AvgIpc) is 2.93. The first-order valence-electron chi connectivity index (χ1n) is 14.6. The highest BCUT2D eigenvalue weighted by Crippen LogP contribution is 2.43. The molecule has 0 saturated carbocycles. The molecule has 0 aliphatic heterocycles. The Morgan fingerprint density at radius 2 is 1.45 bits per heavy atom. The van der Waals surface area contributed by atoms with E-state index in [1.54, 1.807) is 51.3 Å². The summed E-state index contributed by atoms with van der Waals surface area (Å²) in [5.74, 6) is 0.405. The van der Waals surface area contributed by atoms with E-state index in [9.17, 15) is 19.7 Å². The number of rotatable bonds is 14. The summed E-state index contributed by atoms with van der Waals surface area (Å²) in [5, 5.41) is 15.3. The van der Waals surface area contributed by atoms with Crippen LogP contribution in [0.3, 0.4) is 0 Å². The molecule has 2 rings (SSSR count). The highest BCUT2D eigenvalue weighted by Gasteiger charge is 2.39. The average molecular weight is 617 g/mol. The van der Waals surface area contributed by atoms with Crippen LogP contribution in [0.15, 0.2) is 30.3 Å². The minimum atomic E-state index is -1.68. The number of nitrogens with one attached hydrogen (secondary N) is 1. The molecule has 244 valence electrons. The Labute approximate surface area is 260 Å². The topological polar surface area (TPSA) is 135 Å². The molecule has 0 saturated heterocycles. The van der Waals surface area contributed by atoms with E-state index in [4.69, 9.17) is 23.7 Å². The van der Waals surface area contributed by atoms with E-state index in [0.29, 0.717) is 34.1 Å². The Hall–Kier alpha value is -3.86. The highest BCUT2D eigenvalue weighted by molar-refractivity contribution is 5.81. The highest BCUT2D eigenvalue weighted by atomic mass is 16.6. The summed E-state index contributed by atoms with van der Waals surface area (Å²) in [6, 6.07) is 7.18. The Morgan fingerprint density at radius 1 is 0.886 bits per heavy atom. The van der Waals surface area contributed by atoms with Crippen LogP contribution in [-0.2, 0) is 31.6 Å². The smallest absolute Gasteiger partial charge is 0.387 e. The fourth-order valence-corrected chi connectivity index (χ4v) is 4.80. The predicted molar refractivity (Wildman–Crippen MR) is 168 cm³/mol. The first-order chi connectivity index (χ1) is 20.4. The largest absolute Gasteiger partial charge is 0.497 e. The standard InChI is InChI=1S/C33H48N2O9/c1-12-43-30(37)33(8,20-21-13-14-26(41-10)27(17-21)42-11)34-16-15-25(35(38)39)29(36)44-28-23(31(2,3)4)18-22(40-9)19-24(28)32(5,6)7/h13-14,17-19,25,34H,12,15-16,20H2,1-11H3. The van der Waals surface area contributed by atoms with Gasteiger partial charge in [0, 0.05) is 35.4 Å². The summed E-state index contributed by atoms with van der Waals surface area (Å²) in [6.07, 6.45) is -0.0336. The number of carbonyl (C=O) groups excluding carboxylic acids is 2. The first kappa shape index (κ1) is 36.3. The zero-order chi connectivity index (χ0) is 33.5. The third kappa shape index (κ3) is 9.07. The van der Waals surface area contributed by atoms with E-state index in [1.807, 2.05) is 41.5 Å². The van der Waals surface area contributed by atoms with Crippen LogP contribution < -0.4 is 24.3 Å². The third-order valence-electron chi connectivity index (χ3n) is 7.31. The number of nitrogens with zero attached hydrogens (tertiary/aromatic N) is 1. The van der Waals surface area contributed by atoms with Crippen molar-refractivity contribution in [3.8, 4) is 23.0 Å². The molecular weight excluding hydrogens is 568 g/mol. The van der Waals surface area contributed by atoms with E-state index >= 15 is 0 Å². The van der Waals surface area contributed by atoms with Gasteiger partial charge in [-0.1, -0.05) is 47.6 Å². The van der Waals surface area contributed by atoms with Crippen molar-refractivity contribution in [3.05, 3.63) is 57.1 Å². The summed E-state index contributed by atoms with van der Waals surface area (Å²) < 4.78 is 27.4. The fraction of sp³-hybridized carbons (Fsp3) is 0.576. The molecule has 11 heteroatoms. The number of hydrogen-bond donors (Lipinski definition) is 1. The van der Waals surface area contributed by atoms with Gasteiger partial charge in [0.1, 0.15) is 17.0 Å². The molecule has 0 heterocycles.